The minimum atomic E-state index is 0.198. The molecular formula is C12H16O2. The third-order valence-corrected chi connectivity index (χ3v) is 2.16. The van der Waals surface area contributed by atoms with Crippen LogP contribution in [0, 0.1) is 0 Å². The predicted molar refractivity (Wildman–Crippen MR) is 56.6 cm³/mol. The molecule has 76 valence electrons. The second kappa shape index (κ2) is 5.55. The number of carbonyl (C=O) groups is 1. The molecule has 2 heteroatoms. The van der Waals surface area contributed by atoms with Crippen LogP contribution in [-0.4, -0.2) is 19.5 Å². The SMILES string of the molecule is CCC(=O)c1cccc(CCOC)c1. The van der Waals surface area contributed by atoms with Crippen molar-refractivity contribution in [1.82, 2.24) is 0 Å². The predicted octanol–water partition coefficient (Wildman–Crippen LogP) is 2.47. The van der Waals surface area contributed by atoms with E-state index in [1.54, 1.807) is 7.11 Å². The van der Waals surface area contributed by atoms with Crippen molar-refractivity contribution in [2.24, 2.45) is 0 Å². The maximum Gasteiger partial charge on any atom is 0.162 e. The number of benzene rings is 1. The molecule has 0 aliphatic carbocycles. The van der Waals surface area contributed by atoms with Crippen molar-refractivity contribution in [1.29, 1.82) is 0 Å². The number of carbonyl (C=O) groups excluding carboxylic acids is 1. The number of ketones is 1. The quantitative estimate of drug-likeness (QED) is 0.670. The Bertz CT molecular complexity index is 305. The fourth-order valence-corrected chi connectivity index (χ4v) is 1.32. The average Bonchev–Trinajstić information content (AvgIpc) is 2.25. The third-order valence-electron chi connectivity index (χ3n) is 2.16. The van der Waals surface area contributed by atoms with Crippen LogP contribution in [0.4, 0.5) is 0 Å². The van der Waals surface area contributed by atoms with Gasteiger partial charge in [0.1, 0.15) is 0 Å². The van der Waals surface area contributed by atoms with Gasteiger partial charge in [0.25, 0.3) is 0 Å². The monoisotopic (exact) mass is 192 g/mol. The fraction of sp³-hybridized carbons (Fsp3) is 0.417. The summed E-state index contributed by atoms with van der Waals surface area (Å²) < 4.78 is 4.99. The molecule has 1 aromatic carbocycles. The van der Waals surface area contributed by atoms with Gasteiger partial charge < -0.3 is 4.74 Å². The number of hydrogen-bond donors (Lipinski definition) is 0. The van der Waals surface area contributed by atoms with Crippen LogP contribution >= 0.6 is 0 Å². The van der Waals surface area contributed by atoms with Crippen LogP contribution in [0.3, 0.4) is 0 Å². The van der Waals surface area contributed by atoms with Crippen LogP contribution in [0.1, 0.15) is 29.3 Å². The summed E-state index contributed by atoms with van der Waals surface area (Å²) in [5.41, 5.74) is 1.97. The molecule has 0 fully saturated rings. The molecule has 0 spiro atoms. The topological polar surface area (TPSA) is 26.3 Å². The zero-order valence-electron chi connectivity index (χ0n) is 8.75. The van der Waals surface area contributed by atoms with Gasteiger partial charge in [-0.3, -0.25) is 4.79 Å². The first-order chi connectivity index (χ1) is 6.77. The maximum absolute atomic E-state index is 11.4. The van der Waals surface area contributed by atoms with Crippen LogP contribution in [0.25, 0.3) is 0 Å². The number of ether oxygens (including phenoxy) is 1. The van der Waals surface area contributed by atoms with Gasteiger partial charge in [0.15, 0.2) is 5.78 Å². The Morgan fingerprint density at radius 2 is 2.21 bits per heavy atom. The lowest BCUT2D eigenvalue weighted by atomic mass is 10.0. The zero-order chi connectivity index (χ0) is 10.4. The molecule has 0 saturated heterocycles. The van der Waals surface area contributed by atoms with E-state index in [4.69, 9.17) is 4.74 Å². The van der Waals surface area contributed by atoms with Crippen molar-refractivity contribution in [2.45, 2.75) is 19.8 Å². The lowest BCUT2D eigenvalue weighted by molar-refractivity contribution is 0.0988. The molecule has 1 aromatic rings. The molecule has 0 aliphatic heterocycles. The Balaban J connectivity index is 2.73. The van der Waals surface area contributed by atoms with E-state index in [0.717, 1.165) is 17.5 Å². The summed E-state index contributed by atoms with van der Waals surface area (Å²) >= 11 is 0. The highest BCUT2D eigenvalue weighted by Gasteiger charge is 2.02. The zero-order valence-corrected chi connectivity index (χ0v) is 8.75. The van der Waals surface area contributed by atoms with Gasteiger partial charge in [-0.1, -0.05) is 25.1 Å². The summed E-state index contributed by atoms with van der Waals surface area (Å²) in [7, 11) is 1.68. The largest absolute Gasteiger partial charge is 0.384 e. The molecule has 1 rings (SSSR count). The van der Waals surface area contributed by atoms with Gasteiger partial charge in [-0.05, 0) is 18.1 Å². The Hall–Kier alpha value is -1.15. The second-order valence-electron chi connectivity index (χ2n) is 3.22. The molecule has 0 radical (unpaired) electrons. The van der Waals surface area contributed by atoms with Gasteiger partial charge >= 0.3 is 0 Å². The first kappa shape index (κ1) is 10.9. The first-order valence-corrected chi connectivity index (χ1v) is 4.89. The van der Waals surface area contributed by atoms with E-state index in [1.165, 1.54) is 0 Å². The van der Waals surface area contributed by atoms with Gasteiger partial charge in [0, 0.05) is 19.1 Å². The van der Waals surface area contributed by atoms with Crippen molar-refractivity contribution in [3.05, 3.63) is 35.4 Å². The number of methoxy groups -OCH3 is 1. The van der Waals surface area contributed by atoms with Crippen molar-refractivity contribution in [3.63, 3.8) is 0 Å². The number of Topliss-reactive ketones (excluding diaryl/α,β-unsaturated/α-hetero) is 1. The molecule has 0 bridgehead atoms. The molecule has 14 heavy (non-hydrogen) atoms. The first-order valence-electron chi connectivity index (χ1n) is 4.89. The van der Waals surface area contributed by atoms with Crippen LogP contribution in [0.15, 0.2) is 24.3 Å². The van der Waals surface area contributed by atoms with Crippen molar-refractivity contribution < 1.29 is 9.53 Å². The molecular weight excluding hydrogens is 176 g/mol. The van der Waals surface area contributed by atoms with Gasteiger partial charge in [-0.15, -0.1) is 0 Å². The Labute approximate surface area is 84.9 Å². The fourth-order valence-electron chi connectivity index (χ4n) is 1.32. The van der Waals surface area contributed by atoms with E-state index in [-0.39, 0.29) is 5.78 Å². The third kappa shape index (κ3) is 2.96. The van der Waals surface area contributed by atoms with E-state index >= 15 is 0 Å². The highest BCUT2D eigenvalue weighted by molar-refractivity contribution is 5.95. The molecule has 0 saturated carbocycles. The van der Waals surface area contributed by atoms with Gasteiger partial charge in [-0.25, -0.2) is 0 Å². The summed E-state index contributed by atoms with van der Waals surface area (Å²) in [6.45, 7) is 2.58. The minimum Gasteiger partial charge on any atom is -0.384 e. The lowest BCUT2D eigenvalue weighted by Gasteiger charge is -2.02. The maximum atomic E-state index is 11.4. The van der Waals surface area contributed by atoms with Gasteiger partial charge in [0.2, 0.25) is 0 Å². The molecule has 0 heterocycles. The standard InChI is InChI=1S/C12H16O2/c1-3-12(13)11-6-4-5-10(9-11)7-8-14-2/h4-6,9H,3,7-8H2,1-2H3. The summed E-state index contributed by atoms with van der Waals surface area (Å²) in [6, 6.07) is 7.76. The molecule has 0 N–H and O–H groups in total. The van der Waals surface area contributed by atoms with Crippen LogP contribution < -0.4 is 0 Å². The van der Waals surface area contributed by atoms with Crippen LogP contribution in [-0.2, 0) is 11.2 Å². The molecule has 0 aliphatic rings. The van der Waals surface area contributed by atoms with E-state index < -0.39 is 0 Å². The average molecular weight is 192 g/mol. The smallest absolute Gasteiger partial charge is 0.162 e. The summed E-state index contributed by atoms with van der Waals surface area (Å²) in [5.74, 6) is 0.198. The molecule has 0 unspecified atom stereocenters. The molecule has 0 aromatic heterocycles. The lowest BCUT2D eigenvalue weighted by Crippen LogP contribution is -1.99. The van der Waals surface area contributed by atoms with E-state index in [0.29, 0.717) is 13.0 Å². The Kier molecular flexibility index (Phi) is 4.33. The summed E-state index contributed by atoms with van der Waals surface area (Å²) in [4.78, 5) is 11.4. The van der Waals surface area contributed by atoms with Crippen LogP contribution in [0.5, 0.6) is 0 Å². The van der Waals surface area contributed by atoms with Crippen molar-refractivity contribution in [2.75, 3.05) is 13.7 Å². The van der Waals surface area contributed by atoms with Crippen molar-refractivity contribution in [3.8, 4) is 0 Å². The Morgan fingerprint density at radius 3 is 2.86 bits per heavy atom. The molecule has 0 amide bonds. The molecule has 0 atom stereocenters. The highest BCUT2D eigenvalue weighted by atomic mass is 16.5. The van der Waals surface area contributed by atoms with E-state index in [1.807, 2.05) is 31.2 Å². The number of rotatable bonds is 5. The normalized spacial score (nSPS) is 10.1. The van der Waals surface area contributed by atoms with Gasteiger partial charge in [-0.2, -0.15) is 0 Å². The van der Waals surface area contributed by atoms with E-state index in [9.17, 15) is 4.79 Å². The summed E-state index contributed by atoms with van der Waals surface area (Å²) in [6.07, 6.45) is 1.43. The highest BCUT2D eigenvalue weighted by Crippen LogP contribution is 2.08. The molecule has 2 nitrogen and oxygen atoms in total. The van der Waals surface area contributed by atoms with E-state index in [2.05, 4.69) is 0 Å². The second-order valence-corrected chi connectivity index (χ2v) is 3.22. The minimum absolute atomic E-state index is 0.198. The van der Waals surface area contributed by atoms with Gasteiger partial charge in [0.05, 0.1) is 6.61 Å². The number of hydrogen-bond acceptors (Lipinski definition) is 2. The Morgan fingerprint density at radius 1 is 1.43 bits per heavy atom. The van der Waals surface area contributed by atoms with Crippen LogP contribution in [0.2, 0.25) is 0 Å². The van der Waals surface area contributed by atoms with Crippen molar-refractivity contribution >= 4 is 5.78 Å². The summed E-state index contributed by atoms with van der Waals surface area (Å²) in [5, 5.41) is 0.